The van der Waals surface area contributed by atoms with Crippen LogP contribution in [0.25, 0.3) is 11.5 Å². The van der Waals surface area contributed by atoms with E-state index in [9.17, 15) is 0 Å². The number of benzene rings is 1. The Hall–Kier alpha value is -1.39. The molecule has 0 spiro atoms. The van der Waals surface area contributed by atoms with E-state index in [1.165, 1.54) is 0 Å². The molecule has 1 N–H and O–H groups in total. The third-order valence-electron chi connectivity index (χ3n) is 2.71. The predicted molar refractivity (Wildman–Crippen MR) is 71.7 cm³/mol. The van der Waals surface area contributed by atoms with Crippen molar-refractivity contribution in [2.24, 2.45) is 0 Å². The van der Waals surface area contributed by atoms with Crippen LogP contribution in [0.4, 0.5) is 0 Å². The van der Waals surface area contributed by atoms with Crippen LogP contribution in [0.3, 0.4) is 0 Å². The molecule has 0 bridgehead atoms. The standard InChI is InChI=1S/C13H16ClN3O/c1-9-5-3-6-10(12(9)14)13-17-16-11(18-13)7-4-8-15-2/h3,5-6,15H,4,7-8H2,1-2H3. The summed E-state index contributed by atoms with van der Waals surface area (Å²) in [7, 11) is 1.92. The molecule has 1 heterocycles. The molecule has 0 unspecified atom stereocenters. The van der Waals surface area contributed by atoms with Crippen LogP contribution in [0.1, 0.15) is 17.9 Å². The van der Waals surface area contributed by atoms with Crippen molar-refractivity contribution < 1.29 is 4.42 Å². The summed E-state index contributed by atoms with van der Waals surface area (Å²) in [6, 6.07) is 5.78. The van der Waals surface area contributed by atoms with Crippen LogP contribution < -0.4 is 5.32 Å². The number of aromatic nitrogens is 2. The number of nitrogens with zero attached hydrogens (tertiary/aromatic N) is 2. The maximum atomic E-state index is 6.23. The summed E-state index contributed by atoms with van der Waals surface area (Å²) in [5.41, 5.74) is 1.80. The molecule has 0 atom stereocenters. The molecule has 4 nitrogen and oxygen atoms in total. The van der Waals surface area contributed by atoms with Gasteiger partial charge in [0.1, 0.15) is 0 Å². The third-order valence-corrected chi connectivity index (χ3v) is 3.21. The molecule has 1 aromatic heterocycles. The largest absolute Gasteiger partial charge is 0.421 e. The van der Waals surface area contributed by atoms with E-state index >= 15 is 0 Å². The van der Waals surface area contributed by atoms with Crippen LogP contribution in [0.15, 0.2) is 22.6 Å². The van der Waals surface area contributed by atoms with Crippen molar-refractivity contribution in [2.75, 3.05) is 13.6 Å². The van der Waals surface area contributed by atoms with Gasteiger partial charge in [-0.2, -0.15) is 0 Å². The minimum Gasteiger partial charge on any atom is -0.421 e. The summed E-state index contributed by atoms with van der Waals surface area (Å²) in [6.45, 7) is 2.89. The highest BCUT2D eigenvalue weighted by Gasteiger charge is 2.12. The van der Waals surface area contributed by atoms with E-state index in [4.69, 9.17) is 16.0 Å². The minimum absolute atomic E-state index is 0.489. The molecule has 0 saturated heterocycles. The first-order valence-corrected chi connectivity index (χ1v) is 6.32. The lowest BCUT2D eigenvalue weighted by Gasteiger charge is -2.01. The van der Waals surface area contributed by atoms with Gasteiger partial charge in [0, 0.05) is 6.42 Å². The fourth-order valence-corrected chi connectivity index (χ4v) is 1.90. The number of rotatable bonds is 5. The molecular formula is C13H16ClN3O. The van der Waals surface area contributed by atoms with Crippen LogP contribution in [0.2, 0.25) is 5.02 Å². The van der Waals surface area contributed by atoms with Crippen molar-refractivity contribution in [1.29, 1.82) is 0 Å². The van der Waals surface area contributed by atoms with Crippen LogP contribution in [0.5, 0.6) is 0 Å². The van der Waals surface area contributed by atoms with Crippen molar-refractivity contribution in [1.82, 2.24) is 15.5 Å². The van der Waals surface area contributed by atoms with Gasteiger partial charge in [-0.1, -0.05) is 23.7 Å². The molecule has 0 aliphatic carbocycles. The number of nitrogens with one attached hydrogen (secondary N) is 1. The quantitative estimate of drug-likeness (QED) is 0.845. The van der Waals surface area contributed by atoms with Gasteiger partial charge >= 0.3 is 0 Å². The molecule has 1 aromatic carbocycles. The third kappa shape index (κ3) is 2.89. The Bertz CT molecular complexity index is 525. The van der Waals surface area contributed by atoms with E-state index < -0.39 is 0 Å². The maximum Gasteiger partial charge on any atom is 0.249 e. The van der Waals surface area contributed by atoms with Gasteiger partial charge in [0.15, 0.2) is 0 Å². The van der Waals surface area contributed by atoms with Crippen molar-refractivity contribution in [3.05, 3.63) is 34.7 Å². The van der Waals surface area contributed by atoms with Crippen molar-refractivity contribution in [3.8, 4) is 11.5 Å². The first-order chi connectivity index (χ1) is 8.72. The van der Waals surface area contributed by atoms with E-state index in [0.29, 0.717) is 16.8 Å². The second kappa shape index (κ2) is 5.98. The zero-order chi connectivity index (χ0) is 13.0. The van der Waals surface area contributed by atoms with E-state index in [1.54, 1.807) is 0 Å². The lowest BCUT2D eigenvalue weighted by Crippen LogP contribution is -2.08. The molecule has 0 aliphatic heterocycles. The van der Waals surface area contributed by atoms with E-state index in [1.807, 2.05) is 32.2 Å². The SMILES string of the molecule is CNCCCc1nnc(-c2cccc(C)c2Cl)o1. The van der Waals surface area contributed by atoms with Gasteiger partial charge in [-0.05, 0) is 38.6 Å². The fraction of sp³-hybridized carbons (Fsp3) is 0.385. The molecular weight excluding hydrogens is 250 g/mol. The fourth-order valence-electron chi connectivity index (χ4n) is 1.69. The zero-order valence-electron chi connectivity index (χ0n) is 10.5. The van der Waals surface area contributed by atoms with Crippen LogP contribution >= 0.6 is 11.6 Å². The van der Waals surface area contributed by atoms with E-state index in [0.717, 1.165) is 30.5 Å². The maximum absolute atomic E-state index is 6.23. The first-order valence-electron chi connectivity index (χ1n) is 5.95. The summed E-state index contributed by atoms with van der Waals surface area (Å²) in [4.78, 5) is 0. The molecule has 5 heteroatoms. The molecule has 2 rings (SSSR count). The Balaban J connectivity index is 2.16. The second-order valence-corrected chi connectivity index (χ2v) is 4.52. The van der Waals surface area contributed by atoms with Gasteiger partial charge < -0.3 is 9.73 Å². The number of hydrogen-bond donors (Lipinski definition) is 1. The Labute approximate surface area is 111 Å². The van der Waals surface area contributed by atoms with Gasteiger partial charge in [-0.3, -0.25) is 0 Å². The summed E-state index contributed by atoms with van der Waals surface area (Å²) >= 11 is 6.23. The molecule has 0 amide bonds. The van der Waals surface area contributed by atoms with Crippen molar-refractivity contribution in [3.63, 3.8) is 0 Å². The van der Waals surface area contributed by atoms with Crippen LogP contribution in [0, 0.1) is 6.92 Å². The van der Waals surface area contributed by atoms with Gasteiger partial charge in [0.25, 0.3) is 0 Å². The normalized spacial score (nSPS) is 10.8. The summed E-state index contributed by atoms with van der Waals surface area (Å²) in [5, 5.41) is 11.8. The molecule has 2 aromatic rings. The average Bonchev–Trinajstić information content (AvgIpc) is 2.82. The second-order valence-electron chi connectivity index (χ2n) is 4.14. The Morgan fingerprint density at radius 3 is 2.94 bits per heavy atom. The van der Waals surface area contributed by atoms with Gasteiger partial charge in [0.05, 0.1) is 10.6 Å². The predicted octanol–water partition coefficient (Wildman–Crippen LogP) is 2.85. The summed E-state index contributed by atoms with van der Waals surface area (Å²) in [5.74, 6) is 1.14. The lowest BCUT2D eigenvalue weighted by molar-refractivity contribution is 0.495. The topological polar surface area (TPSA) is 51.0 Å². The zero-order valence-corrected chi connectivity index (χ0v) is 11.3. The van der Waals surface area contributed by atoms with Crippen LogP contribution in [-0.4, -0.2) is 23.8 Å². The summed E-state index contributed by atoms with van der Waals surface area (Å²) < 4.78 is 5.62. The van der Waals surface area contributed by atoms with E-state index in [-0.39, 0.29) is 0 Å². The Morgan fingerprint density at radius 1 is 1.33 bits per heavy atom. The first kappa shape index (κ1) is 13.1. The van der Waals surface area contributed by atoms with E-state index in [2.05, 4.69) is 15.5 Å². The molecule has 0 aliphatic rings. The van der Waals surface area contributed by atoms with Crippen molar-refractivity contribution >= 4 is 11.6 Å². The highest BCUT2D eigenvalue weighted by atomic mass is 35.5. The smallest absolute Gasteiger partial charge is 0.249 e. The molecule has 0 saturated carbocycles. The molecule has 18 heavy (non-hydrogen) atoms. The summed E-state index contributed by atoms with van der Waals surface area (Å²) in [6.07, 6.45) is 1.75. The Kier molecular flexibility index (Phi) is 4.33. The van der Waals surface area contributed by atoms with Gasteiger partial charge in [0.2, 0.25) is 11.8 Å². The average molecular weight is 266 g/mol. The monoisotopic (exact) mass is 265 g/mol. The number of hydrogen-bond acceptors (Lipinski definition) is 4. The molecule has 0 fully saturated rings. The molecule has 96 valence electrons. The minimum atomic E-state index is 0.489. The highest BCUT2D eigenvalue weighted by molar-refractivity contribution is 6.33. The number of halogens is 1. The van der Waals surface area contributed by atoms with Gasteiger partial charge in [-0.25, -0.2) is 0 Å². The van der Waals surface area contributed by atoms with Crippen molar-refractivity contribution in [2.45, 2.75) is 19.8 Å². The van der Waals surface area contributed by atoms with Crippen LogP contribution in [-0.2, 0) is 6.42 Å². The number of aryl methyl sites for hydroxylation is 2. The Morgan fingerprint density at radius 2 is 2.17 bits per heavy atom. The van der Waals surface area contributed by atoms with Gasteiger partial charge in [-0.15, -0.1) is 10.2 Å². The lowest BCUT2D eigenvalue weighted by atomic mass is 10.1. The molecule has 0 radical (unpaired) electrons. The highest BCUT2D eigenvalue weighted by Crippen LogP contribution is 2.29.